The number of carbonyl (C=O) groups is 1. The summed E-state index contributed by atoms with van der Waals surface area (Å²) in [6.45, 7) is 2.67. The van der Waals surface area contributed by atoms with Crippen molar-refractivity contribution in [2.45, 2.75) is 6.92 Å². The maximum atomic E-state index is 12.1. The van der Waals surface area contributed by atoms with E-state index < -0.39 is 0 Å². The number of anilines is 2. The van der Waals surface area contributed by atoms with E-state index in [9.17, 15) is 4.79 Å². The third-order valence-electron chi connectivity index (χ3n) is 2.27. The van der Waals surface area contributed by atoms with Crippen LogP contribution >= 0.6 is 11.6 Å². The molecule has 0 bridgehead atoms. The monoisotopic (exact) mass is 265 g/mol. The fourth-order valence-electron chi connectivity index (χ4n) is 1.51. The van der Waals surface area contributed by atoms with E-state index in [0.29, 0.717) is 22.9 Å². The molecule has 5 nitrogen and oxygen atoms in total. The average Bonchev–Trinajstić information content (AvgIpc) is 2.84. The molecule has 0 atom stereocenters. The van der Waals surface area contributed by atoms with E-state index in [-0.39, 0.29) is 5.91 Å². The van der Waals surface area contributed by atoms with Crippen molar-refractivity contribution in [3.05, 3.63) is 41.1 Å². The van der Waals surface area contributed by atoms with Gasteiger partial charge in [0.05, 0.1) is 5.56 Å². The lowest BCUT2D eigenvalue weighted by atomic mass is 10.1. The first kappa shape index (κ1) is 12.4. The Hall–Kier alpha value is -2.01. The number of nitrogens with one attached hydrogen (secondary N) is 2. The van der Waals surface area contributed by atoms with Gasteiger partial charge in [0.15, 0.2) is 5.82 Å². The quantitative estimate of drug-likeness (QED) is 0.892. The zero-order chi connectivity index (χ0) is 13.0. The van der Waals surface area contributed by atoms with Gasteiger partial charge in [-0.25, -0.2) is 0 Å². The van der Waals surface area contributed by atoms with E-state index in [1.165, 1.54) is 6.26 Å². The van der Waals surface area contributed by atoms with Crippen LogP contribution in [0.2, 0.25) is 5.02 Å². The molecule has 0 aliphatic heterocycles. The molecule has 0 aliphatic rings. The smallest absolute Gasteiger partial charge is 0.259 e. The molecular weight excluding hydrogens is 254 g/mol. The molecule has 2 aromatic rings. The van der Waals surface area contributed by atoms with Crippen LogP contribution < -0.4 is 10.6 Å². The molecule has 0 spiro atoms. The van der Waals surface area contributed by atoms with Crippen LogP contribution in [0.3, 0.4) is 0 Å². The minimum atomic E-state index is -0.289. The van der Waals surface area contributed by atoms with Crippen molar-refractivity contribution in [1.82, 2.24) is 5.16 Å². The van der Waals surface area contributed by atoms with Gasteiger partial charge < -0.3 is 15.2 Å². The van der Waals surface area contributed by atoms with Gasteiger partial charge in [0.25, 0.3) is 5.91 Å². The lowest BCUT2D eigenvalue weighted by molar-refractivity contribution is 0.102. The van der Waals surface area contributed by atoms with Crippen LogP contribution in [0.15, 0.2) is 35.1 Å². The molecule has 1 aromatic carbocycles. The van der Waals surface area contributed by atoms with Gasteiger partial charge >= 0.3 is 0 Å². The van der Waals surface area contributed by atoms with Gasteiger partial charge in [0, 0.05) is 23.3 Å². The highest BCUT2D eigenvalue weighted by molar-refractivity contribution is 6.31. The second-order valence-electron chi connectivity index (χ2n) is 3.56. The summed E-state index contributed by atoms with van der Waals surface area (Å²) in [5.74, 6) is 0.0739. The van der Waals surface area contributed by atoms with Crippen LogP contribution in [-0.2, 0) is 0 Å². The number of nitrogens with zero attached hydrogens (tertiary/aromatic N) is 1. The molecule has 0 radical (unpaired) electrons. The topological polar surface area (TPSA) is 67.2 Å². The Morgan fingerprint density at radius 3 is 2.94 bits per heavy atom. The molecule has 1 amide bonds. The summed E-state index contributed by atoms with van der Waals surface area (Å²) in [4.78, 5) is 12.1. The molecule has 0 aliphatic carbocycles. The fourth-order valence-corrected chi connectivity index (χ4v) is 1.68. The third kappa shape index (κ3) is 2.81. The maximum Gasteiger partial charge on any atom is 0.259 e. The summed E-state index contributed by atoms with van der Waals surface area (Å²) < 4.78 is 4.65. The van der Waals surface area contributed by atoms with Crippen molar-refractivity contribution in [3.8, 4) is 0 Å². The summed E-state index contributed by atoms with van der Waals surface area (Å²) in [5.41, 5.74) is 1.19. The number of carbonyl (C=O) groups excluding carboxylic acids is 1. The van der Waals surface area contributed by atoms with Gasteiger partial charge in [0.2, 0.25) is 0 Å². The number of benzene rings is 1. The molecule has 0 saturated carbocycles. The van der Waals surface area contributed by atoms with Crippen LogP contribution in [0, 0.1) is 0 Å². The van der Waals surface area contributed by atoms with Crippen LogP contribution in [0.25, 0.3) is 0 Å². The van der Waals surface area contributed by atoms with Crippen LogP contribution in [-0.4, -0.2) is 17.6 Å². The Balaban J connectivity index is 2.25. The molecule has 18 heavy (non-hydrogen) atoms. The number of hydrogen-bond acceptors (Lipinski definition) is 4. The second-order valence-corrected chi connectivity index (χ2v) is 4.00. The van der Waals surface area contributed by atoms with Crippen molar-refractivity contribution in [1.29, 1.82) is 0 Å². The molecule has 2 rings (SSSR count). The molecular formula is C12H12ClN3O2. The first-order chi connectivity index (χ1) is 8.70. The van der Waals surface area contributed by atoms with Crippen LogP contribution in [0.5, 0.6) is 0 Å². The van der Waals surface area contributed by atoms with Gasteiger partial charge in [-0.2, -0.15) is 0 Å². The van der Waals surface area contributed by atoms with E-state index in [1.54, 1.807) is 24.3 Å². The molecule has 0 unspecified atom stereocenters. The SMILES string of the molecule is CCNc1ccc(Cl)cc1C(=O)Nc1ccon1. The van der Waals surface area contributed by atoms with E-state index in [4.69, 9.17) is 11.6 Å². The van der Waals surface area contributed by atoms with Crippen LogP contribution in [0.1, 0.15) is 17.3 Å². The highest BCUT2D eigenvalue weighted by Gasteiger charge is 2.13. The van der Waals surface area contributed by atoms with Crippen LogP contribution in [0.4, 0.5) is 11.5 Å². The van der Waals surface area contributed by atoms with Crippen molar-refractivity contribution in [3.63, 3.8) is 0 Å². The molecule has 2 N–H and O–H groups in total. The standard InChI is InChI=1S/C12H12ClN3O2/c1-2-14-10-4-3-8(13)7-9(10)12(17)15-11-5-6-18-16-11/h3-7,14H,2H2,1H3,(H,15,16,17). The molecule has 0 fully saturated rings. The van der Waals surface area contributed by atoms with Crippen molar-refractivity contribution in [2.24, 2.45) is 0 Å². The fraction of sp³-hybridized carbons (Fsp3) is 0.167. The summed E-state index contributed by atoms with van der Waals surface area (Å²) in [7, 11) is 0. The van der Waals surface area contributed by atoms with Gasteiger partial charge in [-0.1, -0.05) is 16.8 Å². The first-order valence-electron chi connectivity index (χ1n) is 5.46. The minimum absolute atomic E-state index is 0.289. The van der Waals surface area contributed by atoms with Gasteiger partial charge in [-0.15, -0.1) is 0 Å². The predicted octanol–water partition coefficient (Wildman–Crippen LogP) is 3.01. The summed E-state index contributed by atoms with van der Waals surface area (Å²) in [6.07, 6.45) is 1.39. The van der Waals surface area contributed by atoms with Crippen molar-refractivity contribution < 1.29 is 9.32 Å². The number of rotatable bonds is 4. The lowest BCUT2D eigenvalue weighted by Crippen LogP contribution is -2.15. The lowest BCUT2D eigenvalue weighted by Gasteiger charge is -2.10. The second kappa shape index (κ2) is 5.55. The molecule has 1 aromatic heterocycles. The van der Waals surface area contributed by atoms with Gasteiger partial charge in [-0.05, 0) is 25.1 Å². The zero-order valence-electron chi connectivity index (χ0n) is 9.74. The van der Waals surface area contributed by atoms with Gasteiger partial charge in [0.1, 0.15) is 6.26 Å². The van der Waals surface area contributed by atoms with E-state index in [0.717, 1.165) is 5.69 Å². The van der Waals surface area contributed by atoms with E-state index in [2.05, 4.69) is 20.3 Å². The molecule has 1 heterocycles. The summed E-state index contributed by atoms with van der Waals surface area (Å²) >= 11 is 5.90. The Kier molecular flexibility index (Phi) is 3.84. The van der Waals surface area contributed by atoms with Crippen molar-refractivity contribution >= 4 is 29.0 Å². The first-order valence-corrected chi connectivity index (χ1v) is 5.83. The number of halogens is 1. The summed E-state index contributed by atoms with van der Waals surface area (Å²) in [6, 6.07) is 6.67. The highest BCUT2D eigenvalue weighted by atomic mass is 35.5. The number of hydrogen-bond donors (Lipinski definition) is 2. The average molecular weight is 266 g/mol. The molecule has 94 valence electrons. The third-order valence-corrected chi connectivity index (χ3v) is 2.51. The zero-order valence-corrected chi connectivity index (χ0v) is 10.5. The largest absolute Gasteiger partial charge is 0.385 e. The maximum absolute atomic E-state index is 12.1. The highest BCUT2D eigenvalue weighted by Crippen LogP contribution is 2.21. The normalized spacial score (nSPS) is 10.1. The number of aromatic nitrogens is 1. The number of amides is 1. The van der Waals surface area contributed by atoms with E-state index in [1.807, 2.05) is 6.92 Å². The van der Waals surface area contributed by atoms with E-state index >= 15 is 0 Å². The van der Waals surface area contributed by atoms with Crippen molar-refractivity contribution in [2.75, 3.05) is 17.2 Å². The minimum Gasteiger partial charge on any atom is -0.385 e. The Labute approximate surface area is 109 Å². The Morgan fingerprint density at radius 2 is 2.28 bits per heavy atom. The predicted molar refractivity (Wildman–Crippen MR) is 70.1 cm³/mol. The molecule has 0 saturated heterocycles. The Bertz CT molecular complexity index is 540. The summed E-state index contributed by atoms with van der Waals surface area (Å²) in [5, 5.41) is 9.84. The molecule has 6 heteroatoms. The van der Waals surface area contributed by atoms with Gasteiger partial charge in [-0.3, -0.25) is 4.79 Å². The Morgan fingerprint density at radius 1 is 1.44 bits per heavy atom.